The molecule has 2 N–H and O–H groups in total. The van der Waals surface area contributed by atoms with Crippen molar-refractivity contribution in [3.63, 3.8) is 0 Å². The summed E-state index contributed by atoms with van der Waals surface area (Å²) >= 11 is 5.87. The van der Waals surface area contributed by atoms with E-state index in [-0.39, 0.29) is 12.6 Å². The van der Waals surface area contributed by atoms with E-state index in [9.17, 15) is 9.59 Å². The maximum Gasteiger partial charge on any atom is 0.325 e. The van der Waals surface area contributed by atoms with E-state index in [1.807, 2.05) is 0 Å². The van der Waals surface area contributed by atoms with E-state index in [2.05, 4.69) is 0 Å². The van der Waals surface area contributed by atoms with Gasteiger partial charge in [0.2, 0.25) is 5.91 Å². The van der Waals surface area contributed by atoms with Crippen molar-refractivity contribution in [3.05, 3.63) is 29.3 Å². The molecule has 5 nitrogen and oxygen atoms in total. The van der Waals surface area contributed by atoms with E-state index in [4.69, 9.17) is 17.3 Å². The van der Waals surface area contributed by atoms with Gasteiger partial charge in [0.1, 0.15) is 6.54 Å². The molecular weight excluding hydrogens is 242 g/mol. The van der Waals surface area contributed by atoms with E-state index >= 15 is 0 Å². The molecule has 1 aliphatic rings. The normalized spacial score (nSPS) is 15.5. The van der Waals surface area contributed by atoms with Crippen molar-refractivity contribution in [2.75, 3.05) is 24.5 Å². The number of hydrogen-bond acceptors (Lipinski definition) is 2. The number of carbonyl (C=O) groups is 2. The number of nitrogens with zero attached hydrogens (tertiary/aromatic N) is 2. The van der Waals surface area contributed by atoms with Crippen molar-refractivity contribution >= 4 is 29.2 Å². The lowest BCUT2D eigenvalue weighted by atomic mass is 10.3. The Kier molecular flexibility index (Phi) is 3.19. The first kappa shape index (κ1) is 11.7. The van der Waals surface area contributed by atoms with Gasteiger partial charge in [-0.15, -0.1) is 0 Å². The first-order valence-electron chi connectivity index (χ1n) is 5.18. The van der Waals surface area contributed by atoms with Gasteiger partial charge in [0.25, 0.3) is 0 Å². The van der Waals surface area contributed by atoms with Crippen LogP contribution in [-0.2, 0) is 4.79 Å². The second-order valence-corrected chi connectivity index (χ2v) is 4.24. The van der Waals surface area contributed by atoms with Gasteiger partial charge in [-0.2, -0.15) is 0 Å². The van der Waals surface area contributed by atoms with Gasteiger partial charge in [-0.25, -0.2) is 4.79 Å². The first-order valence-corrected chi connectivity index (χ1v) is 5.56. The quantitative estimate of drug-likeness (QED) is 0.876. The van der Waals surface area contributed by atoms with Crippen LogP contribution < -0.4 is 10.6 Å². The summed E-state index contributed by atoms with van der Waals surface area (Å²) in [6.45, 7) is 0.983. The minimum atomic E-state index is -0.508. The highest BCUT2D eigenvalue weighted by atomic mass is 35.5. The number of nitrogens with two attached hydrogens (primary N) is 1. The molecule has 1 aliphatic heterocycles. The minimum Gasteiger partial charge on any atom is -0.368 e. The summed E-state index contributed by atoms with van der Waals surface area (Å²) in [6, 6.07) is 6.82. The van der Waals surface area contributed by atoms with Crippen molar-refractivity contribution in [1.29, 1.82) is 0 Å². The van der Waals surface area contributed by atoms with Gasteiger partial charge >= 0.3 is 6.03 Å². The number of hydrogen-bond donors (Lipinski definition) is 1. The topological polar surface area (TPSA) is 66.6 Å². The smallest absolute Gasteiger partial charge is 0.325 e. The van der Waals surface area contributed by atoms with E-state index in [0.717, 1.165) is 5.69 Å². The fourth-order valence-electron chi connectivity index (χ4n) is 1.80. The van der Waals surface area contributed by atoms with Crippen molar-refractivity contribution in [3.8, 4) is 0 Å². The molecule has 1 aromatic rings. The maximum atomic E-state index is 12.0. The average Bonchev–Trinajstić information content (AvgIpc) is 2.60. The zero-order chi connectivity index (χ0) is 12.4. The molecule has 90 valence electrons. The Morgan fingerprint density at radius 2 is 2.18 bits per heavy atom. The SMILES string of the molecule is NC(=O)CN1CCN(c2cccc(Cl)c2)C1=O. The van der Waals surface area contributed by atoms with Crippen LogP contribution in [0.5, 0.6) is 0 Å². The van der Waals surface area contributed by atoms with Crippen molar-refractivity contribution < 1.29 is 9.59 Å². The Hall–Kier alpha value is -1.75. The van der Waals surface area contributed by atoms with Gasteiger partial charge in [0.05, 0.1) is 0 Å². The third-order valence-corrected chi connectivity index (χ3v) is 2.80. The number of benzene rings is 1. The molecule has 0 radical (unpaired) electrons. The third kappa shape index (κ3) is 2.50. The van der Waals surface area contributed by atoms with Crippen LogP contribution >= 0.6 is 11.6 Å². The van der Waals surface area contributed by atoms with Crippen LogP contribution in [0, 0.1) is 0 Å². The molecule has 6 heteroatoms. The van der Waals surface area contributed by atoms with Crippen LogP contribution in [-0.4, -0.2) is 36.5 Å². The lowest BCUT2D eigenvalue weighted by Gasteiger charge is -2.17. The fourth-order valence-corrected chi connectivity index (χ4v) is 1.99. The van der Waals surface area contributed by atoms with Gasteiger partial charge in [0.15, 0.2) is 0 Å². The lowest BCUT2D eigenvalue weighted by molar-refractivity contribution is -0.118. The standard InChI is InChI=1S/C11H12ClN3O2/c12-8-2-1-3-9(6-8)15-5-4-14(11(15)17)7-10(13)16/h1-3,6H,4-5,7H2,(H2,13,16). The molecule has 1 fully saturated rings. The molecule has 3 amide bonds. The molecule has 1 heterocycles. The van der Waals surface area contributed by atoms with E-state index < -0.39 is 5.91 Å². The Labute approximate surface area is 104 Å². The minimum absolute atomic E-state index is 0.0457. The molecule has 0 saturated carbocycles. The summed E-state index contributed by atoms with van der Waals surface area (Å²) in [5.74, 6) is -0.508. The molecular formula is C11H12ClN3O2. The number of anilines is 1. The summed E-state index contributed by atoms with van der Waals surface area (Å²) < 4.78 is 0. The average molecular weight is 254 g/mol. The van der Waals surface area contributed by atoms with Crippen molar-refractivity contribution in [1.82, 2.24) is 4.90 Å². The number of halogens is 1. The van der Waals surface area contributed by atoms with Crippen molar-refractivity contribution in [2.45, 2.75) is 0 Å². The second-order valence-electron chi connectivity index (χ2n) is 3.80. The molecule has 17 heavy (non-hydrogen) atoms. The lowest BCUT2D eigenvalue weighted by Crippen LogP contribution is -2.37. The van der Waals surface area contributed by atoms with Crippen LogP contribution in [0.4, 0.5) is 10.5 Å². The summed E-state index contributed by atoms with van der Waals surface area (Å²) in [5, 5.41) is 0.573. The second kappa shape index (κ2) is 4.63. The summed E-state index contributed by atoms with van der Waals surface area (Å²) in [4.78, 5) is 25.7. The predicted molar refractivity (Wildman–Crippen MR) is 65.0 cm³/mol. The fraction of sp³-hybridized carbons (Fsp3) is 0.273. The van der Waals surface area contributed by atoms with Crippen molar-refractivity contribution in [2.24, 2.45) is 5.73 Å². The zero-order valence-electron chi connectivity index (χ0n) is 9.10. The third-order valence-electron chi connectivity index (χ3n) is 2.56. The van der Waals surface area contributed by atoms with Crippen LogP contribution in [0.3, 0.4) is 0 Å². The molecule has 0 bridgehead atoms. The molecule has 2 rings (SSSR count). The largest absolute Gasteiger partial charge is 0.368 e. The first-order chi connectivity index (χ1) is 8.08. The Bertz CT molecular complexity index is 464. The summed E-state index contributed by atoms with van der Waals surface area (Å²) in [6.07, 6.45) is 0. The van der Waals surface area contributed by atoms with E-state index in [1.54, 1.807) is 29.2 Å². The molecule has 0 aromatic heterocycles. The molecule has 1 aromatic carbocycles. The molecule has 1 saturated heterocycles. The van der Waals surface area contributed by atoms with Crippen LogP contribution in [0.25, 0.3) is 0 Å². The van der Waals surface area contributed by atoms with Crippen LogP contribution in [0.1, 0.15) is 0 Å². The molecule has 0 aliphatic carbocycles. The van der Waals surface area contributed by atoms with Gasteiger partial charge in [0, 0.05) is 23.8 Å². The molecule has 0 spiro atoms. The number of urea groups is 1. The summed E-state index contributed by atoms with van der Waals surface area (Å²) in [7, 11) is 0. The summed E-state index contributed by atoms with van der Waals surface area (Å²) in [5.41, 5.74) is 5.80. The number of rotatable bonds is 3. The zero-order valence-corrected chi connectivity index (χ0v) is 9.85. The van der Waals surface area contributed by atoms with E-state index in [1.165, 1.54) is 4.90 Å². The molecule has 0 unspecified atom stereocenters. The van der Waals surface area contributed by atoms with Gasteiger partial charge < -0.3 is 10.6 Å². The van der Waals surface area contributed by atoms with Gasteiger partial charge in [-0.1, -0.05) is 17.7 Å². The Morgan fingerprint density at radius 3 is 2.82 bits per heavy atom. The highest BCUT2D eigenvalue weighted by Crippen LogP contribution is 2.23. The van der Waals surface area contributed by atoms with Crippen LogP contribution in [0.15, 0.2) is 24.3 Å². The predicted octanol–water partition coefficient (Wildman–Crippen LogP) is 1.07. The van der Waals surface area contributed by atoms with Gasteiger partial charge in [-0.3, -0.25) is 9.69 Å². The molecule has 0 atom stereocenters. The highest BCUT2D eigenvalue weighted by molar-refractivity contribution is 6.30. The number of primary amides is 1. The maximum absolute atomic E-state index is 12.0. The monoisotopic (exact) mass is 253 g/mol. The Morgan fingerprint density at radius 1 is 1.41 bits per heavy atom. The van der Waals surface area contributed by atoms with Gasteiger partial charge in [-0.05, 0) is 18.2 Å². The number of carbonyl (C=O) groups excluding carboxylic acids is 2. The Balaban J connectivity index is 2.15. The number of amides is 3. The highest BCUT2D eigenvalue weighted by Gasteiger charge is 2.30. The van der Waals surface area contributed by atoms with Crippen LogP contribution in [0.2, 0.25) is 5.02 Å². The van der Waals surface area contributed by atoms with E-state index in [0.29, 0.717) is 18.1 Å².